The minimum atomic E-state index is -0.196. The van der Waals surface area contributed by atoms with Crippen LogP contribution in [0.15, 0.2) is 41.0 Å². The van der Waals surface area contributed by atoms with Gasteiger partial charge in [0.1, 0.15) is 11.1 Å². The van der Waals surface area contributed by atoms with Gasteiger partial charge >= 0.3 is 0 Å². The SMILES string of the molecule is CC1SC(c2c(Cl)cccc2Cl)N(Cc2ccco2)C1=O. The van der Waals surface area contributed by atoms with Crippen LogP contribution in [0.1, 0.15) is 23.6 Å². The number of thioether (sulfide) groups is 1. The summed E-state index contributed by atoms with van der Waals surface area (Å²) < 4.78 is 5.35. The Morgan fingerprint density at radius 1 is 1.24 bits per heavy atom. The van der Waals surface area contributed by atoms with Crippen LogP contribution >= 0.6 is 35.0 Å². The van der Waals surface area contributed by atoms with Crippen LogP contribution in [0.3, 0.4) is 0 Å². The summed E-state index contributed by atoms with van der Waals surface area (Å²) in [7, 11) is 0. The Kier molecular flexibility index (Phi) is 4.20. The summed E-state index contributed by atoms with van der Waals surface area (Å²) in [5.41, 5.74) is 0.787. The molecule has 6 heteroatoms. The molecule has 0 saturated carbocycles. The number of halogens is 2. The number of carbonyl (C=O) groups is 1. The summed E-state index contributed by atoms with van der Waals surface area (Å²) in [6.07, 6.45) is 1.60. The monoisotopic (exact) mass is 341 g/mol. The molecule has 1 aliphatic heterocycles. The van der Waals surface area contributed by atoms with Crippen molar-refractivity contribution in [3.63, 3.8) is 0 Å². The highest BCUT2D eigenvalue weighted by molar-refractivity contribution is 8.01. The molecule has 2 unspecified atom stereocenters. The molecule has 0 N–H and O–H groups in total. The van der Waals surface area contributed by atoms with Crippen LogP contribution in [-0.4, -0.2) is 16.1 Å². The summed E-state index contributed by atoms with van der Waals surface area (Å²) in [6.45, 7) is 2.31. The number of hydrogen-bond acceptors (Lipinski definition) is 3. The van der Waals surface area contributed by atoms with Crippen LogP contribution in [0.5, 0.6) is 0 Å². The minimum Gasteiger partial charge on any atom is -0.467 e. The van der Waals surface area contributed by atoms with Crippen LogP contribution in [0.25, 0.3) is 0 Å². The van der Waals surface area contributed by atoms with Gasteiger partial charge in [0.05, 0.1) is 18.1 Å². The van der Waals surface area contributed by atoms with Gasteiger partial charge in [0.2, 0.25) is 5.91 Å². The van der Waals surface area contributed by atoms with Crippen molar-refractivity contribution in [2.75, 3.05) is 0 Å². The van der Waals surface area contributed by atoms with Gasteiger partial charge in [-0.3, -0.25) is 4.79 Å². The van der Waals surface area contributed by atoms with Crippen molar-refractivity contribution < 1.29 is 9.21 Å². The van der Waals surface area contributed by atoms with Crippen molar-refractivity contribution in [3.8, 4) is 0 Å². The fourth-order valence-corrected chi connectivity index (χ4v) is 4.46. The second-order valence-corrected chi connectivity index (χ2v) is 7.05. The van der Waals surface area contributed by atoms with Gasteiger partial charge < -0.3 is 9.32 Å². The molecule has 1 aliphatic rings. The van der Waals surface area contributed by atoms with E-state index in [4.69, 9.17) is 27.6 Å². The maximum absolute atomic E-state index is 12.4. The van der Waals surface area contributed by atoms with E-state index in [2.05, 4.69) is 0 Å². The first-order valence-electron chi connectivity index (χ1n) is 6.50. The van der Waals surface area contributed by atoms with Crippen molar-refractivity contribution in [2.45, 2.75) is 24.1 Å². The van der Waals surface area contributed by atoms with Gasteiger partial charge in [-0.1, -0.05) is 29.3 Å². The largest absolute Gasteiger partial charge is 0.467 e. The number of carbonyl (C=O) groups excluding carboxylic acids is 1. The molecule has 110 valence electrons. The zero-order valence-corrected chi connectivity index (χ0v) is 13.6. The molecule has 3 nitrogen and oxygen atoms in total. The van der Waals surface area contributed by atoms with Gasteiger partial charge in [-0.2, -0.15) is 0 Å². The third kappa shape index (κ3) is 2.80. The zero-order chi connectivity index (χ0) is 15.0. The van der Waals surface area contributed by atoms with Gasteiger partial charge in [-0.15, -0.1) is 11.8 Å². The molecule has 1 aromatic carbocycles. The van der Waals surface area contributed by atoms with E-state index in [0.717, 1.165) is 11.3 Å². The summed E-state index contributed by atoms with van der Waals surface area (Å²) in [6, 6.07) is 9.05. The van der Waals surface area contributed by atoms with Crippen LogP contribution in [0, 0.1) is 0 Å². The maximum Gasteiger partial charge on any atom is 0.237 e. The lowest BCUT2D eigenvalue weighted by Crippen LogP contribution is -2.29. The average Bonchev–Trinajstić information content (AvgIpc) is 3.03. The first kappa shape index (κ1) is 14.8. The standard InChI is InChI=1S/C15H13Cl2NO2S/c1-9-14(19)18(8-10-4-3-7-20-10)15(21-9)13-11(16)5-2-6-12(13)17/h2-7,9,15H,8H2,1H3. The summed E-state index contributed by atoms with van der Waals surface area (Å²) in [4.78, 5) is 14.2. The molecule has 1 fully saturated rings. The lowest BCUT2D eigenvalue weighted by molar-refractivity contribution is -0.130. The Bertz CT molecular complexity index is 639. The topological polar surface area (TPSA) is 33.5 Å². The third-order valence-electron chi connectivity index (χ3n) is 3.40. The fourth-order valence-electron chi connectivity index (χ4n) is 2.38. The zero-order valence-electron chi connectivity index (χ0n) is 11.3. The Labute approximate surface area is 137 Å². The lowest BCUT2D eigenvalue weighted by atomic mass is 10.2. The van der Waals surface area contributed by atoms with Gasteiger partial charge in [-0.05, 0) is 31.2 Å². The van der Waals surface area contributed by atoms with Crippen molar-refractivity contribution in [1.82, 2.24) is 4.90 Å². The highest BCUT2D eigenvalue weighted by Gasteiger charge is 2.40. The molecule has 1 saturated heterocycles. The quantitative estimate of drug-likeness (QED) is 0.807. The van der Waals surface area contributed by atoms with E-state index in [0.29, 0.717) is 16.6 Å². The van der Waals surface area contributed by atoms with E-state index in [1.807, 2.05) is 19.1 Å². The molecule has 0 spiro atoms. The predicted octanol–water partition coefficient (Wildman–Crippen LogP) is 4.75. The molecule has 1 amide bonds. The summed E-state index contributed by atoms with van der Waals surface area (Å²) >= 11 is 14.1. The molecule has 0 bridgehead atoms. The second-order valence-electron chi connectivity index (χ2n) is 4.81. The number of rotatable bonds is 3. The minimum absolute atomic E-state index is 0.0670. The van der Waals surface area contributed by atoms with E-state index < -0.39 is 0 Å². The first-order valence-corrected chi connectivity index (χ1v) is 8.20. The second kappa shape index (κ2) is 5.95. The van der Waals surface area contributed by atoms with Crippen LogP contribution in [0.4, 0.5) is 0 Å². The Hall–Kier alpha value is -1.10. The van der Waals surface area contributed by atoms with Crippen LogP contribution in [0.2, 0.25) is 10.0 Å². The number of nitrogens with zero attached hydrogens (tertiary/aromatic N) is 1. The van der Waals surface area contributed by atoms with Crippen molar-refractivity contribution >= 4 is 40.9 Å². The Balaban J connectivity index is 1.97. The number of benzene rings is 1. The van der Waals surface area contributed by atoms with Crippen LogP contribution < -0.4 is 0 Å². The number of hydrogen-bond donors (Lipinski definition) is 0. The van der Waals surface area contributed by atoms with Gasteiger partial charge in [0, 0.05) is 15.6 Å². The number of amides is 1. The van der Waals surface area contributed by atoms with E-state index in [1.165, 1.54) is 0 Å². The highest BCUT2D eigenvalue weighted by Crippen LogP contribution is 2.48. The first-order chi connectivity index (χ1) is 10.1. The molecule has 1 aromatic heterocycles. The molecular weight excluding hydrogens is 329 g/mol. The Morgan fingerprint density at radius 2 is 1.95 bits per heavy atom. The molecule has 21 heavy (non-hydrogen) atoms. The van der Waals surface area contributed by atoms with E-state index in [-0.39, 0.29) is 16.5 Å². The average molecular weight is 342 g/mol. The van der Waals surface area contributed by atoms with E-state index >= 15 is 0 Å². The summed E-state index contributed by atoms with van der Waals surface area (Å²) in [5.74, 6) is 0.809. The predicted molar refractivity (Wildman–Crippen MR) is 85.5 cm³/mol. The third-order valence-corrected chi connectivity index (χ3v) is 5.42. The van der Waals surface area contributed by atoms with E-state index in [9.17, 15) is 4.79 Å². The molecule has 2 heterocycles. The lowest BCUT2D eigenvalue weighted by Gasteiger charge is -2.24. The van der Waals surface area contributed by atoms with Gasteiger partial charge in [-0.25, -0.2) is 0 Å². The molecule has 0 aliphatic carbocycles. The van der Waals surface area contributed by atoms with Crippen molar-refractivity contribution in [1.29, 1.82) is 0 Å². The molecule has 2 atom stereocenters. The fraction of sp³-hybridized carbons (Fsp3) is 0.267. The van der Waals surface area contributed by atoms with Crippen molar-refractivity contribution in [2.24, 2.45) is 0 Å². The number of furan rings is 1. The smallest absolute Gasteiger partial charge is 0.237 e. The van der Waals surface area contributed by atoms with Crippen LogP contribution in [-0.2, 0) is 11.3 Å². The summed E-state index contributed by atoms with van der Waals surface area (Å²) in [5, 5.41) is 0.828. The van der Waals surface area contributed by atoms with E-state index in [1.54, 1.807) is 41.1 Å². The molecular formula is C15H13Cl2NO2S. The van der Waals surface area contributed by atoms with Gasteiger partial charge in [0.25, 0.3) is 0 Å². The molecule has 0 radical (unpaired) electrons. The van der Waals surface area contributed by atoms with Gasteiger partial charge in [0.15, 0.2) is 0 Å². The maximum atomic E-state index is 12.4. The van der Waals surface area contributed by atoms with Crippen molar-refractivity contribution in [3.05, 3.63) is 58.0 Å². The highest BCUT2D eigenvalue weighted by atomic mass is 35.5. The molecule has 3 rings (SSSR count). The normalized spacial score (nSPS) is 22.0. The molecule has 2 aromatic rings. The Morgan fingerprint density at radius 3 is 2.57 bits per heavy atom.